The number of carbonyl (C=O) groups excluding carboxylic acids is 1. The highest BCUT2D eigenvalue weighted by Crippen LogP contribution is 2.37. The van der Waals surface area contributed by atoms with Crippen LogP contribution in [-0.4, -0.2) is 24.4 Å². The van der Waals surface area contributed by atoms with E-state index in [0.29, 0.717) is 0 Å². The highest BCUT2D eigenvalue weighted by Gasteiger charge is 2.36. The summed E-state index contributed by atoms with van der Waals surface area (Å²) in [6.45, 7) is -0.538. The number of rotatable bonds is 5. The lowest BCUT2D eigenvalue weighted by Crippen LogP contribution is -2.22. The summed E-state index contributed by atoms with van der Waals surface area (Å²) < 4.78 is 71.0. The van der Waals surface area contributed by atoms with Gasteiger partial charge in [-0.15, -0.1) is 13.2 Å². The number of methoxy groups -OCH3 is 1. The molecule has 0 saturated heterocycles. The summed E-state index contributed by atoms with van der Waals surface area (Å²) in [7, 11) is 1.01. The van der Waals surface area contributed by atoms with Crippen LogP contribution in [0.5, 0.6) is 5.75 Å². The smallest absolute Gasteiger partial charge is 0.469 e. The van der Waals surface area contributed by atoms with Gasteiger partial charge in [-0.05, 0) is 5.56 Å². The Morgan fingerprint density at radius 2 is 2.05 bits per heavy atom. The topological polar surface area (TPSA) is 74.4 Å². The van der Waals surface area contributed by atoms with Crippen LogP contribution in [0.2, 0.25) is 0 Å². The van der Waals surface area contributed by atoms with E-state index in [0.717, 1.165) is 13.3 Å². The third kappa shape index (κ3) is 4.52. The molecule has 0 aromatic carbocycles. The van der Waals surface area contributed by atoms with Crippen LogP contribution in [-0.2, 0) is 22.5 Å². The van der Waals surface area contributed by atoms with Crippen molar-refractivity contribution in [3.8, 4) is 5.75 Å². The number of pyridine rings is 1. The number of hydrogen-bond donors (Lipinski definition) is 1. The van der Waals surface area contributed by atoms with E-state index in [1.54, 1.807) is 0 Å². The molecule has 0 spiro atoms. The van der Waals surface area contributed by atoms with Crippen molar-refractivity contribution in [2.75, 3.05) is 7.11 Å². The van der Waals surface area contributed by atoms with E-state index < -0.39 is 54.3 Å². The van der Waals surface area contributed by atoms with Gasteiger partial charge in [-0.2, -0.15) is 0 Å². The second kappa shape index (κ2) is 6.66. The number of nitrogens with two attached hydrogens (primary N) is 1. The predicted octanol–water partition coefficient (Wildman–Crippen LogP) is 2.09. The Kier molecular flexibility index (Phi) is 5.41. The number of esters is 1. The summed E-state index contributed by atoms with van der Waals surface area (Å²) >= 11 is 0. The van der Waals surface area contributed by atoms with Crippen LogP contribution in [0.3, 0.4) is 0 Å². The van der Waals surface area contributed by atoms with Gasteiger partial charge in [0.15, 0.2) is 5.75 Å². The Morgan fingerprint density at radius 1 is 1.43 bits per heavy atom. The molecule has 0 aliphatic carbocycles. The number of hydrogen-bond acceptors (Lipinski definition) is 5. The van der Waals surface area contributed by atoms with Crippen molar-refractivity contribution in [2.24, 2.45) is 5.73 Å². The minimum absolute atomic E-state index is 0.423. The average Bonchev–Trinajstić information content (AvgIpc) is 2.36. The van der Waals surface area contributed by atoms with Gasteiger partial charge in [-0.25, -0.2) is 8.78 Å². The summed E-state index contributed by atoms with van der Waals surface area (Å²) in [5.74, 6) is -2.08. The first-order chi connectivity index (χ1) is 9.69. The molecule has 0 amide bonds. The maximum absolute atomic E-state index is 13.1. The van der Waals surface area contributed by atoms with Crippen LogP contribution in [0.15, 0.2) is 6.20 Å². The first-order valence-electron chi connectivity index (χ1n) is 5.51. The second-order valence-electron chi connectivity index (χ2n) is 3.78. The second-order valence-corrected chi connectivity index (χ2v) is 3.78. The minimum atomic E-state index is -5.20. The molecule has 1 aromatic heterocycles. The molecule has 0 aliphatic rings. The van der Waals surface area contributed by atoms with Gasteiger partial charge in [0, 0.05) is 12.7 Å². The zero-order chi connectivity index (χ0) is 16.2. The first kappa shape index (κ1) is 17.1. The zero-order valence-electron chi connectivity index (χ0n) is 10.7. The number of carbonyl (C=O) groups is 1. The van der Waals surface area contributed by atoms with Crippen molar-refractivity contribution in [3.05, 3.63) is 23.0 Å². The standard InChI is InChI=1S/C11H11F5N2O3/c1-20-7(19)2-5-4-18-6(3-17)9(8(5)10(12)13)21-11(14,15)16/h4,10H,2-3,17H2,1H3. The van der Waals surface area contributed by atoms with E-state index in [-0.39, 0.29) is 0 Å². The molecule has 118 valence electrons. The van der Waals surface area contributed by atoms with E-state index in [1.165, 1.54) is 0 Å². The maximum atomic E-state index is 13.1. The van der Waals surface area contributed by atoms with Gasteiger partial charge in [0.25, 0.3) is 6.43 Å². The normalized spacial score (nSPS) is 11.6. The molecule has 0 atom stereocenters. The Hall–Kier alpha value is -1.97. The van der Waals surface area contributed by atoms with Gasteiger partial charge in [-0.3, -0.25) is 9.78 Å². The maximum Gasteiger partial charge on any atom is 0.573 e. The summed E-state index contributed by atoms with van der Waals surface area (Å²) in [4.78, 5) is 14.6. The van der Waals surface area contributed by atoms with Crippen LogP contribution in [0, 0.1) is 0 Å². The van der Waals surface area contributed by atoms with Crippen LogP contribution >= 0.6 is 0 Å². The van der Waals surface area contributed by atoms with Crippen molar-refractivity contribution in [1.82, 2.24) is 4.98 Å². The molecule has 10 heteroatoms. The lowest BCUT2D eigenvalue weighted by molar-refractivity contribution is -0.275. The monoisotopic (exact) mass is 314 g/mol. The van der Waals surface area contributed by atoms with Gasteiger partial charge in [0.05, 0.1) is 24.8 Å². The highest BCUT2D eigenvalue weighted by atomic mass is 19.4. The number of nitrogens with zero attached hydrogens (tertiary/aromatic N) is 1. The van der Waals surface area contributed by atoms with Gasteiger partial charge < -0.3 is 15.2 Å². The predicted molar refractivity (Wildman–Crippen MR) is 59.5 cm³/mol. The molecule has 21 heavy (non-hydrogen) atoms. The zero-order valence-corrected chi connectivity index (χ0v) is 10.7. The Balaban J connectivity index is 3.41. The van der Waals surface area contributed by atoms with Crippen LogP contribution < -0.4 is 10.5 Å². The molecule has 0 radical (unpaired) electrons. The molecule has 0 bridgehead atoms. The van der Waals surface area contributed by atoms with E-state index in [9.17, 15) is 26.7 Å². The SMILES string of the molecule is COC(=O)Cc1cnc(CN)c(OC(F)(F)F)c1C(F)F. The van der Waals surface area contributed by atoms with Crippen molar-refractivity contribution in [1.29, 1.82) is 0 Å². The van der Waals surface area contributed by atoms with Crippen LogP contribution in [0.4, 0.5) is 22.0 Å². The fraction of sp³-hybridized carbons (Fsp3) is 0.455. The van der Waals surface area contributed by atoms with Crippen molar-refractivity contribution in [3.63, 3.8) is 0 Å². The minimum Gasteiger partial charge on any atom is -0.469 e. The molecular formula is C11H11F5N2O3. The summed E-state index contributed by atoms with van der Waals surface area (Å²) in [5.41, 5.74) is 3.18. The van der Waals surface area contributed by atoms with Crippen molar-refractivity contribution < 1.29 is 36.2 Å². The fourth-order valence-corrected chi connectivity index (χ4v) is 1.57. The van der Waals surface area contributed by atoms with Gasteiger partial charge in [0.1, 0.15) is 0 Å². The number of halogens is 5. The summed E-state index contributed by atoms with van der Waals surface area (Å²) in [6.07, 6.45) is -8.32. The molecule has 2 N–H and O–H groups in total. The molecule has 1 rings (SSSR count). The molecule has 5 nitrogen and oxygen atoms in total. The molecule has 0 aliphatic heterocycles. The molecule has 0 unspecified atom stereocenters. The van der Waals surface area contributed by atoms with Crippen LogP contribution in [0.25, 0.3) is 0 Å². The molecular weight excluding hydrogens is 303 g/mol. The van der Waals surface area contributed by atoms with Gasteiger partial charge in [-0.1, -0.05) is 0 Å². The van der Waals surface area contributed by atoms with E-state index in [2.05, 4.69) is 14.5 Å². The molecule has 0 fully saturated rings. The average molecular weight is 314 g/mol. The number of aromatic nitrogens is 1. The summed E-state index contributed by atoms with van der Waals surface area (Å²) in [5, 5.41) is 0. The summed E-state index contributed by atoms with van der Waals surface area (Å²) in [6, 6.07) is 0. The lowest BCUT2D eigenvalue weighted by Gasteiger charge is -2.18. The molecule has 1 aromatic rings. The largest absolute Gasteiger partial charge is 0.573 e. The van der Waals surface area contributed by atoms with Crippen LogP contribution in [0.1, 0.15) is 23.2 Å². The number of alkyl halides is 5. The molecule has 1 heterocycles. The lowest BCUT2D eigenvalue weighted by atomic mass is 10.0. The van der Waals surface area contributed by atoms with Gasteiger partial charge in [0.2, 0.25) is 0 Å². The Labute approximate surface area is 115 Å². The van der Waals surface area contributed by atoms with E-state index in [4.69, 9.17) is 5.73 Å². The first-order valence-corrected chi connectivity index (χ1v) is 5.51. The van der Waals surface area contributed by atoms with E-state index in [1.807, 2.05) is 0 Å². The fourth-order valence-electron chi connectivity index (χ4n) is 1.57. The van der Waals surface area contributed by atoms with E-state index >= 15 is 0 Å². The van der Waals surface area contributed by atoms with Crippen molar-refractivity contribution >= 4 is 5.97 Å². The quantitative estimate of drug-likeness (QED) is 0.665. The molecule has 0 saturated carbocycles. The third-order valence-corrected chi connectivity index (χ3v) is 2.42. The Bertz CT molecular complexity index is 519. The third-order valence-electron chi connectivity index (χ3n) is 2.42. The Morgan fingerprint density at radius 3 is 2.48 bits per heavy atom. The number of ether oxygens (including phenoxy) is 2. The highest BCUT2D eigenvalue weighted by molar-refractivity contribution is 5.73. The van der Waals surface area contributed by atoms with Gasteiger partial charge >= 0.3 is 12.3 Å². The van der Waals surface area contributed by atoms with Crippen molar-refractivity contribution in [2.45, 2.75) is 25.8 Å².